The van der Waals surface area contributed by atoms with Crippen LogP contribution in [-0.4, -0.2) is 88.4 Å². The van der Waals surface area contributed by atoms with Crippen LogP contribution in [0.4, 0.5) is 9.18 Å². The van der Waals surface area contributed by atoms with E-state index >= 15 is 0 Å². The third-order valence-electron chi connectivity index (χ3n) is 7.23. The van der Waals surface area contributed by atoms with Crippen LogP contribution in [-0.2, 0) is 10.0 Å². The highest BCUT2D eigenvalue weighted by atomic mass is 32.2. The number of hydrogen-bond donors (Lipinski definition) is 3. The molecule has 2 aliphatic rings. The summed E-state index contributed by atoms with van der Waals surface area (Å²) >= 11 is 0. The van der Waals surface area contributed by atoms with Crippen molar-refractivity contribution in [2.45, 2.75) is 37.2 Å². The van der Waals surface area contributed by atoms with Gasteiger partial charge in [-0.05, 0) is 50.1 Å². The Morgan fingerprint density at radius 1 is 1.24 bits per heavy atom. The van der Waals surface area contributed by atoms with Gasteiger partial charge >= 0.3 is 6.03 Å². The first kappa shape index (κ1) is 28.3. The van der Waals surface area contributed by atoms with Gasteiger partial charge in [0.25, 0.3) is 0 Å². The van der Waals surface area contributed by atoms with Crippen molar-refractivity contribution in [2.75, 3.05) is 52.9 Å². The number of carbonyl (C=O) groups excluding carboxylic acids is 1. The van der Waals surface area contributed by atoms with Crippen LogP contribution in [0.15, 0.2) is 47.4 Å². The summed E-state index contributed by atoms with van der Waals surface area (Å²) in [6.45, 7) is 4.64. The molecule has 0 aliphatic carbocycles. The first-order valence-electron chi connectivity index (χ1n) is 13.0. The van der Waals surface area contributed by atoms with Gasteiger partial charge in [0.1, 0.15) is 16.5 Å². The van der Waals surface area contributed by atoms with E-state index in [0.717, 1.165) is 6.42 Å². The maximum Gasteiger partial charge on any atom is 0.317 e. The van der Waals surface area contributed by atoms with Crippen molar-refractivity contribution < 1.29 is 27.4 Å². The molecule has 0 aromatic heterocycles. The Morgan fingerprint density at radius 3 is 2.68 bits per heavy atom. The van der Waals surface area contributed by atoms with Crippen LogP contribution in [0.3, 0.4) is 0 Å². The molecule has 1 spiro atoms. The summed E-state index contributed by atoms with van der Waals surface area (Å²) in [6, 6.07) is 10.7. The first-order chi connectivity index (χ1) is 18.1. The van der Waals surface area contributed by atoms with Crippen molar-refractivity contribution in [1.29, 1.82) is 0 Å². The fourth-order valence-electron chi connectivity index (χ4n) is 5.16. The van der Waals surface area contributed by atoms with Crippen LogP contribution in [0.1, 0.15) is 26.2 Å². The number of nitrogens with one attached hydrogen (secondary N) is 2. The molecule has 0 saturated carbocycles. The van der Waals surface area contributed by atoms with E-state index in [1.54, 1.807) is 35.2 Å². The number of rotatable bonds is 3. The molecule has 2 amide bonds. The van der Waals surface area contributed by atoms with Crippen molar-refractivity contribution in [2.24, 2.45) is 5.41 Å². The van der Waals surface area contributed by atoms with Gasteiger partial charge < -0.3 is 25.0 Å². The summed E-state index contributed by atoms with van der Waals surface area (Å²) in [5.41, 5.74) is 0.460. The van der Waals surface area contributed by atoms with Gasteiger partial charge in [-0.1, -0.05) is 31.2 Å². The summed E-state index contributed by atoms with van der Waals surface area (Å²) in [5, 5.41) is 13.5. The Balaban J connectivity index is 1.66. The van der Waals surface area contributed by atoms with Crippen LogP contribution < -0.4 is 14.8 Å². The maximum absolute atomic E-state index is 14.5. The lowest BCUT2D eigenvalue weighted by atomic mass is 9.78. The van der Waals surface area contributed by atoms with Crippen LogP contribution >= 0.6 is 0 Å². The maximum atomic E-state index is 14.5. The number of carbonyl (C=O) groups is 1. The molecule has 2 heterocycles. The lowest BCUT2D eigenvalue weighted by molar-refractivity contribution is 0.0243. The summed E-state index contributed by atoms with van der Waals surface area (Å²) in [6.07, 6.45) is 1.25. The Kier molecular flexibility index (Phi) is 8.92. The van der Waals surface area contributed by atoms with E-state index < -0.39 is 21.9 Å². The van der Waals surface area contributed by atoms with Crippen molar-refractivity contribution >= 4 is 16.1 Å². The minimum atomic E-state index is -4.01. The van der Waals surface area contributed by atoms with Crippen LogP contribution in [0.2, 0.25) is 0 Å². The van der Waals surface area contributed by atoms with Crippen molar-refractivity contribution in [1.82, 2.24) is 19.8 Å². The smallest absolute Gasteiger partial charge is 0.317 e. The van der Waals surface area contributed by atoms with Gasteiger partial charge in [0, 0.05) is 50.2 Å². The Labute approximate surface area is 224 Å². The standard InChI is InChI=1S/C27H37FN4O5S/c1-3-12-29-26(34)32-13-10-27(11-14-32)18-31(2)17-21(33)16-30-38(35,36)25-9-8-20(15-24(25)37-19-27)22-6-4-5-7-23(22)28/h4-9,15,21,30,33H,3,10-14,16-19H2,1-2H3,(H,29,34). The van der Waals surface area contributed by atoms with Crippen LogP contribution in [0, 0.1) is 11.2 Å². The summed E-state index contributed by atoms with van der Waals surface area (Å²) in [7, 11) is -2.12. The van der Waals surface area contributed by atoms with Gasteiger partial charge in [0.15, 0.2) is 0 Å². The van der Waals surface area contributed by atoms with Gasteiger partial charge in [-0.2, -0.15) is 0 Å². The fraction of sp³-hybridized carbons (Fsp3) is 0.519. The largest absolute Gasteiger partial charge is 0.492 e. The van der Waals surface area contributed by atoms with E-state index in [0.29, 0.717) is 50.1 Å². The molecule has 2 aliphatic heterocycles. The van der Waals surface area contributed by atoms with Crippen molar-refractivity contribution in [3.63, 3.8) is 0 Å². The molecule has 2 aromatic carbocycles. The Morgan fingerprint density at radius 2 is 1.97 bits per heavy atom. The monoisotopic (exact) mass is 548 g/mol. The lowest BCUT2D eigenvalue weighted by Crippen LogP contribution is -2.53. The molecule has 208 valence electrons. The second-order valence-corrected chi connectivity index (χ2v) is 12.1. The van der Waals surface area contributed by atoms with E-state index in [1.807, 2.05) is 18.9 Å². The van der Waals surface area contributed by atoms with Crippen LogP contribution in [0.25, 0.3) is 11.1 Å². The first-order valence-corrected chi connectivity index (χ1v) is 14.5. The number of fused-ring (bicyclic) bond motifs is 1. The predicted molar refractivity (Wildman–Crippen MR) is 143 cm³/mol. The Bertz CT molecular complexity index is 1230. The predicted octanol–water partition coefficient (Wildman–Crippen LogP) is 2.66. The zero-order valence-corrected chi connectivity index (χ0v) is 22.8. The topological polar surface area (TPSA) is 111 Å². The molecule has 0 bridgehead atoms. The molecule has 9 nitrogen and oxygen atoms in total. The molecule has 4 rings (SSSR count). The normalized spacial score (nSPS) is 22.0. The molecule has 1 fully saturated rings. The lowest BCUT2D eigenvalue weighted by Gasteiger charge is -2.44. The third-order valence-corrected chi connectivity index (χ3v) is 8.69. The third kappa shape index (κ3) is 6.63. The number of halogens is 1. The molecule has 1 unspecified atom stereocenters. The summed E-state index contributed by atoms with van der Waals surface area (Å²) in [4.78, 5) is 16.2. The molecular formula is C27H37FN4O5S. The van der Waals surface area contributed by atoms with E-state index in [4.69, 9.17) is 4.74 Å². The number of benzene rings is 2. The van der Waals surface area contributed by atoms with Gasteiger partial charge in [-0.15, -0.1) is 0 Å². The summed E-state index contributed by atoms with van der Waals surface area (Å²) < 4.78 is 49.6. The van der Waals surface area contributed by atoms with E-state index in [2.05, 4.69) is 10.0 Å². The molecule has 1 atom stereocenters. The average molecular weight is 549 g/mol. The van der Waals surface area contributed by atoms with Gasteiger partial charge in [0.2, 0.25) is 10.0 Å². The quantitative estimate of drug-likeness (QED) is 0.544. The zero-order valence-electron chi connectivity index (χ0n) is 22.0. The number of aliphatic hydroxyl groups excluding tert-OH is 1. The molecule has 2 aromatic rings. The number of β-amino-alcohol motifs (C(OH)–C–C–N with tert-alkyl or cyclic N) is 1. The number of piperidine rings is 1. The van der Waals surface area contributed by atoms with Crippen molar-refractivity contribution in [3.05, 3.63) is 48.3 Å². The number of sulfonamides is 1. The SMILES string of the molecule is CCCNC(=O)N1CCC2(CC1)COc1cc(-c3ccccc3F)ccc1S(=O)(=O)NCC(O)CN(C)C2. The van der Waals surface area contributed by atoms with Gasteiger partial charge in [-0.25, -0.2) is 22.3 Å². The van der Waals surface area contributed by atoms with Crippen LogP contribution in [0.5, 0.6) is 5.75 Å². The molecule has 0 radical (unpaired) electrons. The van der Waals surface area contributed by atoms with Gasteiger partial charge in [-0.3, -0.25) is 0 Å². The number of ether oxygens (including phenoxy) is 1. The van der Waals surface area contributed by atoms with E-state index in [9.17, 15) is 22.7 Å². The molecule has 1 saturated heterocycles. The number of nitrogens with zero attached hydrogens (tertiary/aromatic N) is 2. The fourth-order valence-corrected chi connectivity index (χ4v) is 6.35. The van der Waals surface area contributed by atoms with Crippen molar-refractivity contribution in [3.8, 4) is 16.9 Å². The minimum absolute atomic E-state index is 0.0646. The highest BCUT2D eigenvalue weighted by molar-refractivity contribution is 7.89. The van der Waals surface area contributed by atoms with Gasteiger partial charge in [0.05, 0.1) is 12.7 Å². The number of aliphatic hydroxyl groups is 1. The summed E-state index contributed by atoms with van der Waals surface area (Å²) in [5.74, 6) is -0.296. The second-order valence-electron chi connectivity index (χ2n) is 10.4. The zero-order chi connectivity index (χ0) is 27.3. The van der Waals surface area contributed by atoms with E-state index in [-0.39, 0.29) is 41.8 Å². The number of hydrogen-bond acceptors (Lipinski definition) is 6. The Hall–Kier alpha value is -2.73. The molecule has 11 heteroatoms. The minimum Gasteiger partial charge on any atom is -0.492 e. The highest BCUT2D eigenvalue weighted by Gasteiger charge is 2.39. The average Bonchev–Trinajstić information content (AvgIpc) is 2.89. The second kappa shape index (κ2) is 12.0. The number of likely N-dealkylation sites (N-methyl/N-ethyl adjacent to an activating group) is 1. The van der Waals surface area contributed by atoms with E-state index in [1.165, 1.54) is 12.1 Å². The molecular weight excluding hydrogens is 511 g/mol. The molecule has 38 heavy (non-hydrogen) atoms. The highest BCUT2D eigenvalue weighted by Crippen LogP contribution is 2.37. The number of amides is 2. The molecule has 3 N–H and O–H groups in total. The number of urea groups is 1. The number of likely N-dealkylation sites (tertiary alicyclic amines) is 1.